The Morgan fingerprint density at radius 3 is 2.74 bits per heavy atom. The van der Waals surface area contributed by atoms with Crippen LogP contribution in [-0.2, 0) is 15.7 Å². The lowest BCUT2D eigenvalue weighted by atomic mass is 10.1. The Morgan fingerprint density at radius 2 is 2.15 bits per heavy atom. The molecule has 2 amide bonds. The van der Waals surface area contributed by atoms with E-state index in [4.69, 9.17) is 4.74 Å². The average Bonchev–Trinajstić information content (AvgIpc) is 3.19. The molecule has 1 aliphatic rings. The van der Waals surface area contributed by atoms with Crippen LogP contribution in [-0.4, -0.2) is 41.3 Å². The van der Waals surface area contributed by atoms with Crippen molar-refractivity contribution >= 4 is 17.7 Å². The van der Waals surface area contributed by atoms with Gasteiger partial charge in [0.25, 0.3) is 0 Å². The topological polar surface area (TPSA) is 97.6 Å². The van der Waals surface area contributed by atoms with Gasteiger partial charge in [-0.05, 0) is 18.2 Å². The maximum Gasteiger partial charge on any atom is 0.471 e. The summed E-state index contributed by atoms with van der Waals surface area (Å²) in [5.74, 6) is -3.40. The molecule has 1 aromatic heterocycles. The summed E-state index contributed by atoms with van der Waals surface area (Å²) in [5, 5.41) is 5.62. The van der Waals surface area contributed by atoms with Gasteiger partial charge in [-0.2, -0.15) is 18.2 Å². The number of amides is 2. The van der Waals surface area contributed by atoms with E-state index in [2.05, 4.69) is 20.0 Å². The number of anilines is 1. The highest BCUT2D eigenvalue weighted by molar-refractivity contribution is 5.90. The van der Waals surface area contributed by atoms with Gasteiger partial charge in [-0.3, -0.25) is 9.69 Å². The fourth-order valence-corrected chi connectivity index (χ4v) is 2.40. The third-order valence-electron chi connectivity index (χ3n) is 3.63. The Hall–Kier alpha value is -3.18. The summed E-state index contributed by atoms with van der Waals surface area (Å²) < 4.78 is 61.0. The number of rotatable bonds is 4. The number of carbonyl (C=O) groups is 2. The number of nitrogens with zero attached hydrogens (tertiary/aromatic N) is 3. The van der Waals surface area contributed by atoms with E-state index in [1.165, 1.54) is 13.0 Å². The summed E-state index contributed by atoms with van der Waals surface area (Å²) in [6.45, 7) is 1.48. The molecule has 3 rings (SSSR count). The minimum atomic E-state index is -4.84. The molecule has 1 N–H and O–H groups in total. The van der Waals surface area contributed by atoms with Gasteiger partial charge in [0, 0.05) is 6.92 Å². The molecule has 1 aliphatic heterocycles. The highest BCUT2D eigenvalue weighted by atomic mass is 19.4. The second-order valence-corrected chi connectivity index (χ2v) is 5.64. The molecule has 8 nitrogen and oxygen atoms in total. The van der Waals surface area contributed by atoms with E-state index in [9.17, 15) is 27.2 Å². The fraction of sp³-hybridized carbons (Fsp3) is 0.333. The molecule has 1 atom stereocenters. The summed E-state index contributed by atoms with van der Waals surface area (Å²) >= 11 is 0. The van der Waals surface area contributed by atoms with E-state index in [1.54, 1.807) is 0 Å². The number of cyclic esters (lactones) is 1. The van der Waals surface area contributed by atoms with Crippen molar-refractivity contribution < 1.29 is 36.4 Å². The third-order valence-corrected chi connectivity index (χ3v) is 3.63. The molecule has 1 saturated heterocycles. The number of aromatic nitrogens is 2. The largest absolute Gasteiger partial charge is 0.471 e. The summed E-state index contributed by atoms with van der Waals surface area (Å²) in [4.78, 5) is 27.1. The minimum absolute atomic E-state index is 0.0678. The van der Waals surface area contributed by atoms with E-state index in [0.717, 1.165) is 17.0 Å². The van der Waals surface area contributed by atoms with Crippen molar-refractivity contribution in [1.82, 2.24) is 15.5 Å². The SMILES string of the molecule is CC(=O)NC[C@H]1CN(c2ccc(-c3noc(C(F)(F)F)n3)c(F)c2)C(=O)O1. The number of alkyl halides is 3. The van der Waals surface area contributed by atoms with E-state index in [1.807, 2.05) is 0 Å². The van der Waals surface area contributed by atoms with Crippen LogP contribution < -0.4 is 10.2 Å². The lowest BCUT2D eigenvalue weighted by molar-refractivity contribution is -0.159. The van der Waals surface area contributed by atoms with E-state index in [0.29, 0.717) is 0 Å². The molecule has 2 aromatic rings. The van der Waals surface area contributed by atoms with Crippen LogP contribution in [0.25, 0.3) is 11.4 Å². The zero-order chi connectivity index (χ0) is 19.8. The first-order valence-electron chi connectivity index (χ1n) is 7.58. The van der Waals surface area contributed by atoms with Gasteiger partial charge >= 0.3 is 18.2 Å². The fourth-order valence-electron chi connectivity index (χ4n) is 2.40. The molecule has 0 bridgehead atoms. The number of ether oxygens (including phenoxy) is 1. The maximum atomic E-state index is 14.3. The second kappa shape index (κ2) is 6.85. The van der Waals surface area contributed by atoms with Crippen LogP contribution in [0.4, 0.5) is 28.0 Å². The van der Waals surface area contributed by atoms with Crippen LogP contribution in [0, 0.1) is 5.82 Å². The lowest BCUT2D eigenvalue weighted by Gasteiger charge is -2.13. The van der Waals surface area contributed by atoms with Crippen LogP contribution in [0.5, 0.6) is 0 Å². The number of hydrogen-bond donors (Lipinski definition) is 1. The zero-order valence-corrected chi connectivity index (χ0v) is 13.7. The third kappa shape index (κ3) is 3.99. The van der Waals surface area contributed by atoms with Gasteiger partial charge < -0.3 is 14.6 Å². The summed E-state index contributed by atoms with van der Waals surface area (Å²) in [6.07, 6.45) is -6.20. The van der Waals surface area contributed by atoms with Crippen molar-refractivity contribution in [1.29, 1.82) is 0 Å². The highest BCUT2D eigenvalue weighted by Gasteiger charge is 2.39. The van der Waals surface area contributed by atoms with Crippen LogP contribution in [0.1, 0.15) is 12.8 Å². The molecule has 2 heterocycles. The zero-order valence-electron chi connectivity index (χ0n) is 13.7. The Morgan fingerprint density at radius 1 is 1.41 bits per heavy atom. The van der Waals surface area contributed by atoms with Crippen molar-refractivity contribution in [2.75, 3.05) is 18.0 Å². The van der Waals surface area contributed by atoms with E-state index >= 15 is 0 Å². The molecular weight excluding hydrogens is 376 g/mol. The molecule has 0 unspecified atom stereocenters. The molecule has 1 aromatic carbocycles. The van der Waals surface area contributed by atoms with Gasteiger partial charge in [-0.25, -0.2) is 9.18 Å². The van der Waals surface area contributed by atoms with Gasteiger partial charge in [0.15, 0.2) is 0 Å². The predicted molar refractivity (Wildman–Crippen MR) is 81.0 cm³/mol. The first kappa shape index (κ1) is 18.6. The summed E-state index contributed by atoms with van der Waals surface area (Å²) in [5.41, 5.74) is -0.188. The Bertz CT molecular complexity index is 883. The van der Waals surface area contributed by atoms with Crippen molar-refractivity contribution in [2.24, 2.45) is 0 Å². The molecule has 0 aliphatic carbocycles. The quantitative estimate of drug-likeness (QED) is 0.808. The number of nitrogens with one attached hydrogen (secondary N) is 1. The Kier molecular flexibility index (Phi) is 4.72. The first-order valence-corrected chi connectivity index (χ1v) is 7.58. The predicted octanol–water partition coefficient (Wildman–Crippen LogP) is 2.36. The highest BCUT2D eigenvalue weighted by Crippen LogP contribution is 2.31. The van der Waals surface area contributed by atoms with Crippen LogP contribution in [0.15, 0.2) is 22.7 Å². The van der Waals surface area contributed by atoms with Crippen LogP contribution in [0.3, 0.4) is 0 Å². The standard InChI is InChI=1S/C15H12F4N4O4/c1-7(24)20-5-9-6-23(14(25)26-9)8-2-3-10(11(16)4-8)12-21-13(27-22-12)15(17,18)19/h2-4,9H,5-6H2,1H3,(H,20,24)/t9-/m0/s1. The number of halogens is 4. The molecule has 1 fully saturated rings. The van der Waals surface area contributed by atoms with Crippen molar-refractivity contribution in [2.45, 2.75) is 19.2 Å². The Balaban J connectivity index is 1.78. The van der Waals surface area contributed by atoms with Crippen molar-refractivity contribution in [3.8, 4) is 11.4 Å². The second-order valence-electron chi connectivity index (χ2n) is 5.64. The van der Waals surface area contributed by atoms with Crippen LogP contribution >= 0.6 is 0 Å². The van der Waals surface area contributed by atoms with Gasteiger partial charge in [-0.1, -0.05) is 5.16 Å². The van der Waals surface area contributed by atoms with E-state index in [-0.39, 0.29) is 30.2 Å². The lowest BCUT2D eigenvalue weighted by Crippen LogP contribution is -2.33. The number of hydrogen-bond acceptors (Lipinski definition) is 6. The molecule has 0 saturated carbocycles. The normalized spacial score (nSPS) is 17.1. The van der Waals surface area contributed by atoms with Crippen LogP contribution in [0.2, 0.25) is 0 Å². The Labute approximate surface area is 149 Å². The smallest absolute Gasteiger partial charge is 0.442 e. The molecule has 144 valence electrons. The molecular formula is C15H12F4N4O4. The van der Waals surface area contributed by atoms with Gasteiger partial charge in [0.1, 0.15) is 11.9 Å². The molecule has 0 spiro atoms. The van der Waals surface area contributed by atoms with Crippen molar-refractivity contribution in [3.05, 3.63) is 29.9 Å². The summed E-state index contributed by atoms with van der Waals surface area (Å²) in [7, 11) is 0. The van der Waals surface area contributed by atoms with Gasteiger partial charge in [-0.15, -0.1) is 0 Å². The monoisotopic (exact) mass is 388 g/mol. The molecule has 27 heavy (non-hydrogen) atoms. The minimum Gasteiger partial charge on any atom is -0.442 e. The average molecular weight is 388 g/mol. The summed E-state index contributed by atoms with van der Waals surface area (Å²) in [6, 6.07) is 3.38. The molecule has 12 heteroatoms. The number of carbonyl (C=O) groups excluding carboxylic acids is 2. The van der Waals surface area contributed by atoms with Gasteiger partial charge in [0.2, 0.25) is 11.7 Å². The first-order chi connectivity index (χ1) is 12.6. The molecule has 0 radical (unpaired) electrons. The van der Waals surface area contributed by atoms with Gasteiger partial charge in [0.05, 0.1) is 24.3 Å². The maximum absolute atomic E-state index is 14.3. The van der Waals surface area contributed by atoms with Crippen molar-refractivity contribution in [3.63, 3.8) is 0 Å². The van der Waals surface area contributed by atoms with E-state index < -0.39 is 35.9 Å². The number of benzene rings is 1.